The Morgan fingerprint density at radius 2 is 0.690 bits per heavy atom. The predicted octanol–water partition coefficient (Wildman–Crippen LogP) is 12.2. The molecule has 206 valence electrons. The fraction of sp³-hybridized carbons (Fsp3) is 0.190. The molecule has 0 unspecified atom stereocenters. The minimum atomic E-state index is 0.114. The number of benzene rings is 7. The maximum atomic E-state index is 2.43. The molecular formula is C42H38. The number of hydrogen-bond donors (Lipinski definition) is 0. The molecule has 0 aliphatic carbocycles. The van der Waals surface area contributed by atoms with Crippen molar-refractivity contribution in [2.24, 2.45) is 0 Å². The molecule has 7 aromatic rings. The Kier molecular flexibility index (Phi) is 6.03. The molecule has 0 N–H and O–H groups in total. The van der Waals surface area contributed by atoms with Crippen molar-refractivity contribution < 1.29 is 0 Å². The Hall–Kier alpha value is -4.42. The normalized spacial score (nSPS) is 12.5. The van der Waals surface area contributed by atoms with Gasteiger partial charge >= 0.3 is 0 Å². The van der Waals surface area contributed by atoms with E-state index in [1.807, 2.05) is 0 Å². The molecule has 0 saturated heterocycles. The second kappa shape index (κ2) is 9.57. The molecule has 0 saturated carbocycles. The highest BCUT2D eigenvalue weighted by Crippen LogP contribution is 2.45. The number of rotatable bonds is 2. The summed E-state index contributed by atoms with van der Waals surface area (Å²) in [5.74, 6) is 0. The van der Waals surface area contributed by atoms with Gasteiger partial charge in [0, 0.05) is 0 Å². The maximum Gasteiger partial charge on any atom is -0.00261 e. The van der Waals surface area contributed by atoms with E-state index in [9.17, 15) is 0 Å². The lowest BCUT2D eigenvalue weighted by atomic mass is 9.82. The van der Waals surface area contributed by atoms with Gasteiger partial charge in [0.25, 0.3) is 0 Å². The van der Waals surface area contributed by atoms with E-state index >= 15 is 0 Å². The lowest BCUT2D eigenvalue weighted by Crippen LogP contribution is -2.10. The minimum absolute atomic E-state index is 0.114. The lowest BCUT2D eigenvalue weighted by molar-refractivity contribution is 0.590. The largest absolute Gasteiger partial charge is 0.0616 e. The fourth-order valence-corrected chi connectivity index (χ4v) is 6.51. The van der Waals surface area contributed by atoms with E-state index in [1.54, 1.807) is 0 Å². The first-order valence-corrected chi connectivity index (χ1v) is 15.1. The summed E-state index contributed by atoms with van der Waals surface area (Å²) in [7, 11) is 0. The predicted molar refractivity (Wildman–Crippen MR) is 185 cm³/mol. The van der Waals surface area contributed by atoms with Crippen LogP contribution in [0, 0.1) is 0 Å². The molecule has 0 spiro atoms. The van der Waals surface area contributed by atoms with Crippen LogP contribution in [-0.4, -0.2) is 0 Å². The van der Waals surface area contributed by atoms with Crippen LogP contribution in [0.25, 0.3) is 65.3 Å². The average molecular weight is 543 g/mol. The first-order chi connectivity index (χ1) is 20.1. The molecule has 0 nitrogen and oxygen atoms in total. The van der Waals surface area contributed by atoms with E-state index in [0.29, 0.717) is 0 Å². The van der Waals surface area contributed by atoms with Crippen molar-refractivity contribution in [2.75, 3.05) is 0 Å². The maximum absolute atomic E-state index is 2.43. The van der Waals surface area contributed by atoms with E-state index in [2.05, 4.69) is 163 Å². The molecule has 0 heterocycles. The van der Waals surface area contributed by atoms with Crippen molar-refractivity contribution in [1.29, 1.82) is 0 Å². The average Bonchev–Trinajstić information content (AvgIpc) is 2.97. The van der Waals surface area contributed by atoms with Crippen molar-refractivity contribution in [1.82, 2.24) is 0 Å². The van der Waals surface area contributed by atoms with E-state index in [4.69, 9.17) is 0 Å². The van der Waals surface area contributed by atoms with Crippen molar-refractivity contribution in [3.63, 3.8) is 0 Å². The molecule has 0 fully saturated rings. The monoisotopic (exact) mass is 542 g/mol. The molecular weight excluding hydrogens is 504 g/mol. The third kappa shape index (κ3) is 4.47. The van der Waals surface area contributed by atoms with Gasteiger partial charge < -0.3 is 0 Å². The molecule has 7 rings (SSSR count). The molecule has 0 aliphatic heterocycles. The molecule has 0 radical (unpaired) electrons. The summed E-state index contributed by atoms with van der Waals surface area (Å²) in [6.45, 7) is 13.7. The summed E-state index contributed by atoms with van der Waals surface area (Å²) in [6, 6.07) is 45.8. The molecule has 7 aromatic carbocycles. The molecule has 0 bridgehead atoms. The van der Waals surface area contributed by atoms with E-state index < -0.39 is 0 Å². The molecule has 0 atom stereocenters. The van der Waals surface area contributed by atoms with E-state index in [-0.39, 0.29) is 10.8 Å². The molecule has 0 amide bonds. The van der Waals surface area contributed by atoms with Crippen LogP contribution in [0.15, 0.2) is 121 Å². The van der Waals surface area contributed by atoms with Gasteiger partial charge in [-0.15, -0.1) is 0 Å². The fourth-order valence-electron chi connectivity index (χ4n) is 6.51. The van der Waals surface area contributed by atoms with Crippen LogP contribution in [0.5, 0.6) is 0 Å². The summed E-state index contributed by atoms with van der Waals surface area (Å²) in [5.41, 5.74) is 8.08. The van der Waals surface area contributed by atoms with Gasteiger partial charge in [-0.3, -0.25) is 0 Å². The van der Waals surface area contributed by atoms with Crippen LogP contribution in [0.1, 0.15) is 52.7 Å². The van der Waals surface area contributed by atoms with Crippen LogP contribution >= 0.6 is 0 Å². The van der Waals surface area contributed by atoms with E-state index in [0.717, 1.165) is 0 Å². The first kappa shape index (κ1) is 26.5. The second-order valence-electron chi connectivity index (χ2n) is 13.9. The summed E-state index contributed by atoms with van der Waals surface area (Å²) >= 11 is 0. The Labute approximate surface area is 249 Å². The third-order valence-electron chi connectivity index (χ3n) is 8.92. The quantitative estimate of drug-likeness (QED) is 0.191. The van der Waals surface area contributed by atoms with Crippen LogP contribution in [-0.2, 0) is 10.8 Å². The van der Waals surface area contributed by atoms with Crippen LogP contribution in [0.2, 0.25) is 0 Å². The van der Waals surface area contributed by atoms with Crippen molar-refractivity contribution in [3.8, 4) is 22.3 Å². The van der Waals surface area contributed by atoms with Crippen LogP contribution in [0.3, 0.4) is 0 Å². The zero-order valence-electron chi connectivity index (χ0n) is 25.5. The zero-order valence-corrected chi connectivity index (χ0v) is 25.5. The summed E-state index contributed by atoms with van der Waals surface area (Å²) in [6.07, 6.45) is 0. The van der Waals surface area contributed by atoms with Gasteiger partial charge in [-0.1, -0.05) is 139 Å². The Morgan fingerprint density at radius 3 is 1.05 bits per heavy atom. The Morgan fingerprint density at radius 1 is 0.333 bits per heavy atom. The topological polar surface area (TPSA) is 0 Å². The highest BCUT2D eigenvalue weighted by atomic mass is 14.2. The minimum Gasteiger partial charge on any atom is -0.0616 e. The van der Waals surface area contributed by atoms with Crippen molar-refractivity contribution >= 4 is 43.1 Å². The lowest BCUT2D eigenvalue weighted by Gasteiger charge is -2.22. The van der Waals surface area contributed by atoms with E-state index in [1.165, 1.54) is 76.5 Å². The SMILES string of the molecule is CC(C)(C)c1ccc(-c2c3ccccc3c(-c3ccc(C(C)(C)C)cc3)c3cc4cc5ccccc5cc4cc23)cc1. The molecule has 42 heavy (non-hydrogen) atoms. The number of fused-ring (bicyclic) bond motifs is 4. The highest BCUT2D eigenvalue weighted by molar-refractivity contribution is 6.24. The van der Waals surface area contributed by atoms with Gasteiger partial charge in [-0.2, -0.15) is 0 Å². The van der Waals surface area contributed by atoms with Gasteiger partial charge in [0.15, 0.2) is 0 Å². The number of hydrogen-bond acceptors (Lipinski definition) is 0. The van der Waals surface area contributed by atoms with Gasteiger partial charge in [0.1, 0.15) is 0 Å². The Balaban J connectivity index is 1.61. The van der Waals surface area contributed by atoms with Crippen LogP contribution < -0.4 is 0 Å². The van der Waals surface area contributed by atoms with Gasteiger partial charge in [-0.05, 0) is 112 Å². The summed E-state index contributed by atoms with van der Waals surface area (Å²) in [4.78, 5) is 0. The summed E-state index contributed by atoms with van der Waals surface area (Å²) < 4.78 is 0. The molecule has 0 aliphatic rings. The van der Waals surface area contributed by atoms with Gasteiger partial charge in [0.2, 0.25) is 0 Å². The van der Waals surface area contributed by atoms with Gasteiger partial charge in [0.05, 0.1) is 0 Å². The molecule has 0 aromatic heterocycles. The molecule has 0 heteroatoms. The van der Waals surface area contributed by atoms with Crippen molar-refractivity contribution in [2.45, 2.75) is 52.4 Å². The third-order valence-corrected chi connectivity index (χ3v) is 8.92. The standard InChI is InChI=1S/C42H38/c1-41(2,3)33-19-15-27(16-20-33)39-35-13-9-10-14-36(35)40(28-17-21-34(22-18-28)42(4,5)6)38-26-32-24-30-12-8-7-11-29(30)23-31(32)25-37(38)39/h7-26H,1-6H3. The highest BCUT2D eigenvalue weighted by Gasteiger charge is 2.20. The first-order valence-electron chi connectivity index (χ1n) is 15.1. The van der Waals surface area contributed by atoms with Crippen LogP contribution in [0.4, 0.5) is 0 Å². The zero-order chi connectivity index (χ0) is 29.2. The van der Waals surface area contributed by atoms with Crippen molar-refractivity contribution in [3.05, 3.63) is 132 Å². The second-order valence-corrected chi connectivity index (χ2v) is 13.9. The van der Waals surface area contributed by atoms with Gasteiger partial charge in [-0.25, -0.2) is 0 Å². The summed E-state index contributed by atoms with van der Waals surface area (Å²) in [5, 5.41) is 10.3. The Bertz CT molecular complexity index is 1960. The smallest absolute Gasteiger partial charge is 0.00261 e.